The summed E-state index contributed by atoms with van der Waals surface area (Å²) in [5, 5.41) is 2.86. The van der Waals surface area contributed by atoms with E-state index in [0.717, 1.165) is 0 Å². The van der Waals surface area contributed by atoms with Crippen LogP contribution in [0.2, 0.25) is 0 Å². The second-order valence-electron chi connectivity index (χ2n) is 6.26. The first-order chi connectivity index (χ1) is 11.4. The zero-order valence-electron chi connectivity index (χ0n) is 14.2. The van der Waals surface area contributed by atoms with E-state index >= 15 is 0 Å². The van der Waals surface area contributed by atoms with Crippen LogP contribution in [0.15, 0.2) is 36.9 Å². The Balaban J connectivity index is 2.17. The molecule has 0 saturated carbocycles. The summed E-state index contributed by atoms with van der Waals surface area (Å²) in [7, 11) is 0. The van der Waals surface area contributed by atoms with E-state index in [1.807, 2.05) is 13.8 Å². The van der Waals surface area contributed by atoms with Crippen molar-refractivity contribution in [1.29, 1.82) is 0 Å². The third-order valence-corrected chi connectivity index (χ3v) is 3.78. The Hall–Kier alpha value is -2.34. The Morgan fingerprint density at radius 1 is 1.50 bits per heavy atom. The summed E-state index contributed by atoms with van der Waals surface area (Å²) >= 11 is 0. The van der Waals surface area contributed by atoms with Gasteiger partial charge in [0.05, 0.1) is 0 Å². The van der Waals surface area contributed by atoms with E-state index in [0.29, 0.717) is 30.9 Å². The minimum absolute atomic E-state index is 0.0157. The molecule has 0 bridgehead atoms. The van der Waals surface area contributed by atoms with Gasteiger partial charge < -0.3 is 20.7 Å². The summed E-state index contributed by atoms with van der Waals surface area (Å²) in [6.07, 6.45) is 2.11. The number of nitrogens with two attached hydrogens (primary N) is 1. The molecule has 1 aliphatic heterocycles. The van der Waals surface area contributed by atoms with E-state index < -0.39 is 6.04 Å². The van der Waals surface area contributed by atoms with Crippen LogP contribution >= 0.6 is 0 Å². The van der Waals surface area contributed by atoms with Gasteiger partial charge in [0.25, 0.3) is 5.91 Å². The maximum atomic E-state index is 12.8. The zero-order valence-corrected chi connectivity index (χ0v) is 14.2. The summed E-state index contributed by atoms with van der Waals surface area (Å²) in [6.45, 7) is 8.11. The second kappa shape index (κ2) is 7.97. The van der Waals surface area contributed by atoms with Crippen molar-refractivity contribution in [3.8, 4) is 5.75 Å². The van der Waals surface area contributed by atoms with Gasteiger partial charge >= 0.3 is 0 Å². The Labute approximate surface area is 142 Å². The molecule has 2 atom stereocenters. The predicted octanol–water partition coefficient (Wildman–Crippen LogP) is 1.32. The van der Waals surface area contributed by atoms with E-state index in [1.165, 1.54) is 0 Å². The monoisotopic (exact) mass is 331 g/mol. The molecule has 0 aliphatic carbocycles. The Bertz CT molecular complexity index is 615. The highest BCUT2D eigenvalue weighted by Gasteiger charge is 2.38. The molecule has 0 unspecified atom stereocenters. The third kappa shape index (κ3) is 4.35. The Kier molecular flexibility index (Phi) is 5.98. The first kappa shape index (κ1) is 18.0. The first-order valence-corrected chi connectivity index (χ1v) is 8.13. The molecule has 1 saturated heterocycles. The van der Waals surface area contributed by atoms with Crippen LogP contribution in [-0.4, -0.2) is 48.0 Å². The van der Waals surface area contributed by atoms with Gasteiger partial charge in [0.1, 0.15) is 18.4 Å². The van der Waals surface area contributed by atoms with Crippen LogP contribution in [-0.2, 0) is 4.79 Å². The summed E-state index contributed by atoms with van der Waals surface area (Å²) in [4.78, 5) is 26.7. The number of likely N-dealkylation sites (tertiary alicyclic amines) is 1. The van der Waals surface area contributed by atoms with Crippen molar-refractivity contribution in [3.05, 3.63) is 42.5 Å². The van der Waals surface area contributed by atoms with Gasteiger partial charge in [-0.2, -0.15) is 0 Å². The number of benzene rings is 1. The van der Waals surface area contributed by atoms with Gasteiger partial charge in [0.15, 0.2) is 0 Å². The molecule has 1 aromatic rings. The molecule has 0 aromatic heterocycles. The molecule has 24 heavy (non-hydrogen) atoms. The second-order valence-corrected chi connectivity index (χ2v) is 6.26. The summed E-state index contributed by atoms with van der Waals surface area (Å²) < 4.78 is 5.46. The van der Waals surface area contributed by atoms with E-state index in [2.05, 4.69) is 11.9 Å². The molecule has 0 radical (unpaired) electrons. The van der Waals surface area contributed by atoms with Crippen LogP contribution in [0.25, 0.3) is 0 Å². The zero-order chi connectivity index (χ0) is 17.7. The van der Waals surface area contributed by atoms with Gasteiger partial charge in [-0.05, 0) is 38.5 Å². The number of hydrogen-bond donors (Lipinski definition) is 2. The smallest absolute Gasteiger partial charge is 0.254 e. The first-order valence-electron chi connectivity index (χ1n) is 8.13. The summed E-state index contributed by atoms with van der Waals surface area (Å²) in [6, 6.07) is 6.20. The van der Waals surface area contributed by atoms with E-state index in [1.54, 1.807) is 35.2 Å². The molecule has 6 heteroatoms. The minimum atomic E-state index is -0.535. The van der Waals surface area contributed by atoms with Crippen LogP contribution in [0.4, 0.5) is 0 Å². The lowest BCUT2D eigenvalue weighted by atomic mass is 10.1. The number of rotatable bonds is 6. The van der Waals surface area contributed by atoms with E-state index in [4.69, 9.17) is 10.5 Å². The molecule has 1 fully saturated rings. The van der Waals surface area contributed by atoms with Gasteiger partial charge in [-0.15, -0.1) is 0 Å². The number of carbonyl (C=O) groups is 2. The molecule has 1 heterocycles. The highest BCUT2D eigenvalue weighted by molar-refractivity contribution is 5.98. The summed E-state index contributed by atoms with van der Waals surface area (Å²) in [5.74, 6) is 0.216. The standard InChI is InChI=1S/C18H25N3O3/c1-4-8-24-15-7-5-6-13(9-15)18(23)21-11-14(19)10-16(21)17(22)20-12(2)3/h4-7,9,12,14,16H,1,8,10-11,19H2,2-3H3,(H,20,22)/t14-,16-/m0/s1. The Morgan fingerprint density at radius 2 is 2.25 bits per heavy atom. The van der Waals surface area contributed by atoms with Gasteiger partial charge in [0, 0.05) is 24.2 Å². The maximum Gasteiger partial charge on any atom is 0.254 e. The molecule has 2 amide bonds. The van der Waals surface area contributed by atoms with Crippen LogP contribution in [0.1, 0.15) is 30.6 Å². The maximum absolute atomic E-state index is 12.8. The molecule has 1 aliphatic rings. The van der Waals surface area contributed by atoms with Crippen LogP contribution in [0.5, 0.6) is 5.75 Å². The highest BCUT2D eigenvalue weighted by atomic mass is 16.5. The average Bonchev–Trinajstić information content (AvgIpc) is 2.94. The molecule has 0 spiro atoms. The molecule has 2 rings (SSSR count). The molecule has 6 nitrogen and oxygen atoms in total. The fraction of sp³-hybridized carbons (Fsp3) is 0.444. The molecule has 1 aromatic carbocycles. The predicted molar refractivity (Wildman–Crippen MR) is 92.8 cm³/mol. The number of nitrogens with zero attached hydrogens (tertiary/aromatic N) is 1. The molecule has 130 valence electrons. The largest absolute Gasteiger partial charge is 0.490 e. The minimum Gasteiger partial charge on any atom is -0.490 e. The topological polar surface area (TPSA) is 84.7 Å². The normalized spacial score (nSPS) is 20.1. The van der Waals surface area contributed by atoms with Gasteiger partial charge in [-0.3, -0.25) is 9.59 Å². The van der Waals surface area contributed by atoms with Crippen molar-refractivity contribution in [2.45, 2.75) is 38.4 Å². The SMILES string of the molecule is C=CCOc1cccc(C(=O)N2C[C@@H](N)C[C@H]2C(=O)NC(C)C)c1. The quantitative estimate of drug-likeness (QED) is 0.770. The lowest BCUT2D eigenvalue weighted by Crippen LogP contribution is -2.47. The van der Waals surface area contributed by atoms with Crippen molar-refractivity contribution in [2.24, 2.45) is 5.73 Å². The number of amides is 2. The lowest BCUT2D eigenvalue weighted by molar-refractivity contribution is -0.125. The lowest BCUT2D eigenvalue weighted by Gasteiger charge is -2.25. The van der Waals surface area contributed by atoms with Crippen molar-refractivity contribution in [1.82, 2.24) is 10.2 Å². The van der Waals surface area contributed by atoms with Crippen LogP contribution in [0.3, 0.4) is 0 Å². The van der Waals surface area contributed by atoms with Gasteiger partial charge in [-0.1, -0.05) is 18.7 Å². The van der Waals surface area contributed by atoms with Crippen LogP contribution in [0, 0.1) is 0 Å². The number of hydrogen-bond acceptors (Lipinski definition) is 4. The summed E-state index contributed by atoms with van der Waals surface area (Å²) in [5.41, 5.74) is 6.47. The van der Waals surface area contributed by atoms with Gasteiger partial charge in [-0.25, -0.2) is 0 Å². The molecular weight excluding hydrogens is 306 g/mol. The Morgan fingerprint density at radius 3 is 2.92 bits per heavy atom. The van der Waals surface area contributed by atoms with E-state index in [-0.39, 0.29) is 23.9 Å². The van der Waals surface area contributed by atoms with Crippen molar-refractivity contribution in [2.75, 3.05) is 13.2 Å². The number of carbonyl (C=O) groups excluding carboxylic acids is 2. The third-order valence-electron chi connectivity index (χ3n) is 3.78. The number of nitrogens with one attached hydrogen (secondary N) is 1. The molecular formula is C18H25N3O3. The number of ether oxygens (including phenoxy) is 1. The fourth-order valence-electron chi connectivity index (χ4n) is 2.76. The van der Waals surface area contributed by atoms with Crippen molar-refractivity contribution >= 4 is 11.8 Å². The fourth-order valence-corrected chi connectivity index (χ4v) is 2.76. The molecule has 3 N–H and O–H groups in total. The van der Waals surface area contributed by atoms with E-state index in [9.17, 15) is 9.59 Å². The van der Waals surface area contributed by atoms with Crippen molar-refractivity contribution < 1.29 is 14.3 Å². The van der Waals surface area contributed by atoms with Gasteiger partial charge in [0.2, 0.25) is 5.91 Å². The van der Waals surface area contributed by atoms with Crippen LogP contribution < -0.4 is 15.8 Å². The highest BCUT2D eigenvalue weighted by Crippen LogP contribution is 2.22. The average molecular weight is 331 g/mol. The van der Waals surface area contributed by atoms with Crippen molar-refractivity contribution in [3.63, 3.8) is 0 Å².